The number of ether oxygens (including phenoxy) is 1. The smallest absolute Gasteiger partial charge is 0.256 e. The second kappa shape index (κ2) is 6.11. The lowest BCUT2D eigenvalue weighted by Crippen LogP contribution is -2.50. The van der Waals surface area contributed by atoms with Crippen molar-refractivity contribution in [1.29, 1.82) is 0 Å². The summed E-state index contributed by atoms with van der Waals surface area (Å²) >= 11 is 0. The number of piperidine rings is 1. The number of carbonyl (C=O) groups is 1. The first-order valence-corrected chi connectivity index (χ1v) is 9.51. The Morgan fingerprint density at radius 2 is 2.19 bits per heavy atom. The zero-order valence-electron chi connectivity index (χ0n) is 13.6. The van der Waals surface area contributed by atoms with Crippen molar-refractivity contribution in [3.05, 3.63) is 41.5 Å². The Bertz CT molecular complexity index is 976. The Kier molecular flexibility index (Phi) is 4.01. The van der Waals surface area contributed by atoms with Crippen LogP contribution in [0.5, 0.6) is 0 Å². The molecule has 0 spiro atoms. The van der Waals surface area contributed by atoms with E-state index in [0.717, 1.165) is 23.9 Å². The van der Waals surface area contributed by atoms with Crippen LogP contribution in [-0.2, 0) is 21.4 Å². The molecule has 4 rings (SSSR count). The number of nitrogens with zero attached hydrogens (tertiary/aromatic N) is 4. The molecular formula is C15H16FN5O4S. The van der Waals surface area contributed by atoms with E-state index in [2.05, 4.69) is 10.3 Å². The molecule has 9 nitrogen and oxygen atoms in total. The van der Waals surface area contributed by atoms with Crippen molar-refractivity contribution in [2.75, 3.05) is 13.1 Å². The third-order valence-corrected chi connectivity index (χ3v) is 5.63. The van der Waals surface area contributed by atoms with Gasteiger partial charge < -0.3 is 9.64 Å². The number of carbonyl (C=O) groups excluding carboxylic acids is 1. The molecule has 2 aliphatic heterocycles. The maximum Gasteiger partial charge on any atom is 0.256 e. The predicted octanol–water partition coefficient (Wildman–Crippen LogP) is 0.0506. The van der Waals surface area contributed by atoms with E-state index in [1.807, 2.05) is 0 Å². The summed E-state index contributed by atoms with van der Waals surface area (Å²) in [6, 6.07) is 2.89. The van der Waals surface area contributed by atoms with E-state index in [1.165, 1.54) is 4.90 Å². The first-order valence-electron chi connectivity index (χ1n) is 7.97. The molecule has 0 aliphatic carbocycles. The fourth-order valence-corrected chi connectivity index (χ4v) is 3.93. The van der Waals surface area contributed by atoms with Gasteiger partial charge in [-0.15, -0.1) is 5.10 Å². The lowest BCUT2D eigenvalue weighted by molar-refractivity contribution is -0.0628. The zero-order valence-corrected chi connectivity index (χ0v) is 14.4. The van der Waals surface area contributed by atoms with Crippen molar-refractivity contribution in [3.8, 4) is 0 Å². The van der Waals surface area contributed by atoms with Crippen molar-refractivity contribution in [2.24, 2.45) is 5.14 Å². The summed E-state index contributed by atoms with van der Waals surface area (Å²) in [6.45, 7) is 0.953. The van der Waals surface area contributed by atoms with Gasteiger partial charge in [0, 0.05) is 13.1 Å². The van der Waals surface area contributed by atoms with Crippen molar-refractivity contribution in [3.63, 3.8) is 0 Å². The van der Waals surface area contributed by atoms with E-state index in [0.29, 0.717) is 19.6 Å². The number of halogens is 1. The molecule has 2 N–H and O–H groups in total. The normalized spacial score (nSPS) is 22.6. The summed E-state index contributed by atoms with van der Waals surface area (Å²) in [7, 11) is -4.03. The topological polar surface area (TPSA) is 120 Å². The average molecular weight is 381 g/mol. The van der Waals surface area contributed by atoms with Crippen LogP contribution in [0.2, 0.25) is 0 Å². The number of sulfonamides is 1. The maximum atomic E-state index is 14.1. The number of hydrogen-bond acceptors (Lipinski definition) is 6. The Labute approximate surface area is 148 Å². The van der Waals surface area contributed by atoms with Gasteiger partial charge in [0.05, 0.1) is 41.1 Å². The van der Waals surface area contributed by atoms with Crippen LogP contribution in [-0.4, -0.2) is 53.4 Å². The highest BCUT2D eigenvalue weighted by Crippen LogP contribution is 2.31. The number of amides is 1. The summed E-state index contributed by atoms with van der Waals surface area (Å²) in [5.41, 5.74) is 0.546. The molecule has 1 fully saturated rings. The Balaban J connectivity index is 1.58. The van der Waals surface area contributed by atoms with E-state index in [1.54, 1.807) is 10.9 Å². The molecule has 1 aromatic heterocycles. The number of fused-ring (bicyclic) bond motifs is 3. The molecule has 11 heteroatoms. The molecule has 2 atom stereocenters. The van der Waals surface area contributed by atoms with Gasteiger partial charge in [-0.25, -0.2) is 22.6 Å². The minimum atomic E-state index is -4.03. The monoisotopic (exact) mass is 381 g/mol. The molecule has 1 amide bonds. The zero-order chi connectivity index (χ0) is 18.5. The first kappa shape index (κ1) is 17.1. The van der Waals surface area contributed by atoms with Gasteiger partial charge in [0.15, 0.2) is 0 Å². The molecule has 2 aromatic rings. The number of hydrogen-bond donors (Lipinski definition) is 1. The molecule has 0 saturated carbocycles. The molecule has 2 aliphatic rings. The van der Waals surface area contributed by atoms with E-state index < -0.39 is 21.7 Å². The summed E-state index contributed by atoms with van der Waals surface area (Å²) in [4.78, 5) is 13.9. The van der Waals surface area contributed by atoms with Crippen LogP contribution in [0, 0.1) is 5.82 Å². The van der Waals surface area contributed by atoms with Gasteiger partial charge in [-0.05, 0) is 24.6 Å². The SMILES string of the molecule is NS(=O)(=O)c1ccc(F)c(C(=O)N2CCC3C(C2)OCc2cnnn23)c1. The third-order valence-electron chi connectivity index (χ3n) is 4.72. The van der Waals surface area contributed by atoms with Crippen molar-refractivity contribution in [2.45, 2.75) is 30.1 Å². The van der Waals surface area contributed by atoms with E-state index in [-0.39, 0.29) is 29.1 Å². The Hall–Kier alpha value is -2.37. The summed E-state index contributed by atoms with van der Waals surface area (Å²) < 4.78 is 44.6. The lowest BCUT2D eigenvalue weighted by Gasteiger charge is -2.41. The van der Waals surface area contributed by atoms with Crippen molar-refractivity contribution >= 4 is 15.9 Å². The van der Waals surface area contributed by atoms with Gasteiger partial charge in [-0.3, -0.25) is 4.79 Å². The van der Waals surface area contributed by atoms with Gasteiger partial charge in [-0.2, -0.15) is 0 Å². The molecule has 1 saturated heterocycles. The molecule has 138 valence electrons. The number of benzene rings is 1. The molecule has 3 heterocycles. The molecule has 0 radical (unpaired) electrons. The standard InChI is InChI=1S/C15H16FN5O4S/c16-12-2-1-10(26(17,23)24)5-11(12)15(22)20-4-3-13-14(7-20)25-8-9-6-18-19-21(9)13/h1-2,5-6,13-14H,3-4,7-8H2,(H2,17,23,24). The van der Waals surface area contributed by atoms with Crippen LogP contribution in [0.25, 0.3) is 0 Å². The predicted molar refractivity (Wildman–Crippen MR) is 85.9 cm³/mol. The lowest BCUT2D eigenvalue weighted by atomic mass is 9.99. The van der Waals surface area contributed by atoms with Crippen LogP contribution in [0.3, 0.4) is 0 Å². The first-order chi connectivity index (χ1) is 12.3. The summed E-state index contributed by atoms with van der Waals surface area (Å²) in [6.07, 6.45) is 1.93. The number of likely N-dealkylation sites (tertiary alicyclic amines) is 1. The molecular weight excluding hydrogens is 365 g/mol. The second-order valence-corrected chi connectivity index (χ2v) is 7.87. The number of rotatable bonds is 2. The summed E-state index contributed by atoms with van der Waals surface area (Å²) in [5.74, 6) is -1.40. The maximum absolute atomic E-state index is 14.1. The van der Waals surface area contributed by atoms with Crippen molar-refractivity contribution in [1.82, 2.24) is 19.9 Å². The highest BCUT2D eigenvalue weighted by Gasteiger charge is 2.38. The number of aromatic nitrogens is 3. The minimum Gasteiger partial charge on any atom is -0.368 e. The van der Waals surface area contributed by atoms with E-state index >= 15 is 0 Å². The van der Waals surface area contributed by atoms with Crippen LogP contribution < -0.4 is 5.14 Å². The van der Waals surface area contributed by atoms with E-state index in [4.69, 9.17) is 9.88 Å². The quantitative estimate of drug-likeness (QED) is 0.785. The van der Waals surface area contributed by atoms with Gasteiger partial charge in [0.2, 0.25) is 10.0 Å². The summed E-state index contributed by atoms with van der Waals surface area (Å²) in [5, 5.41) is 13.0. The van der Waals surface area contributed by atoms with E-state index in [9.17, 15) is 17.6 Å². The number of primary sulfonamides is 1. The fraction of sp³-hybridized carbons (Fsp3) is 0.400. The van der Waals surface area contributed by atoms with Crippen LogP contribution in [0.1, 0.15) is 28.5 Å². The number of nitrogens with two attached hydrogens (primary N) is 1. The average Bonchev–Trinajstić information content (AvgIpc) is 3.09. The molecule has 1 aromatic carbocycles. The largest absolute Gasteiger partial charge is 0.368 e. The second-order valence-electron chi connectivity index (χ2n) is 6.31. The highest BCUT2D eigenvalue weighted by atomic mass is 32.2. The molecule has 0 bridgehead atoms. The van der Waals surface area contributed by atoms with Crippen LogP contribution >= 0.6 is 0 Å². The Morgan fingerprint density at radius 3 is 2.96 bits per heavy atom. The van der Waals surface area contributed by atoms with Crippen molar-refractivity contribution < 1.29 is 22.3 Å². The third kappa shape index (κ3) is 2.87. The minimum absolute atomic E-state index is 0.0362. The van der Waals surface area contributed by atoms with Gasteiger partial charge in [-0.1, -0.05) is 5.21 Å². The van der Waals surface area contributed by atoms with Gasteiger partial charge in [0.25, 0.3) is 5.91 Å². The van der Waals surface area contributed by atoms with Gasteiger partial charge >= 0.3 is 0 Å². The Morgan fingerprint density at radius 1 is 1.38 bits per heavy atom. The highest BCUT2D eigenvalue weighted by molar-refractivity contribution is 7.89. The molecule has 26 heavy (non-hydrogen) atoms. The van der Waals surface area contributed by atoms with Crippen LogP contribution in [0.15, 0.2) is 29.3 Å². The molecule has 2 unspecified atom stereocenters. The van der Waals surface area contributed by atoms with Gasteiger partial charge in [0.1, 0.15) is 5.82 Å². The van der Waals surface area contributed by atoms with Crippen LogP contribution in [0.4, 0.5) is 4.39 Å². The fourth-order valence-electron chi connectivity index (χ4n) is 3.39.